The van der Waals surface area contributed by atoms with E-state index in [1.165, 1.54) is 11.1 Å². The fourth-order valence-corrected chi connectivity index (χ4v) is 4.08. The second-order valence-electron chi connectivity index (χ2n) is 8.73. The van der Waals surface area contributed by atoms with E-state index in [0.29, 0.717) is 32.0 Å². The average Bonchev–Trinajstić information content (AvgIpc) is 2.71. The van der Waals surface area contributed by atoms with E-state index in [2.05, 4.69) is 55.1 Å². The molecular weight excluding hydrogens is 360 g/mol. The summed E-state index contributed by atoms with van der Waals surface area (Å²) in [5.41, 5.74) is 2.40. The summed E-state index contributed by atoms with van der Waals surface area (Å²) in [6, 6.07) is 18.8. The standard InChI is InChI=1S/C25H34N2O2/c1-20(2)23-12-10-22(11-13-23)18-27-16-7-15-25(29,24(27)28)19-26(3)17-14-21-8-5-4-6-9-21/h4-6,8-13,20,29H,7,14-19H2,1-3H3/t25-/m1/s1. The van der Waals surface area contributed by atoms with Crippen molar-refractivity contribution in [2.45, 2.75) is 51.2 Å². The van der Waals surface area contributed by atoms with Gasteiger partial charge in [0.2, 0.25) is 0 Å². The third-order valence-electron chi connectivity index (χ3n) is 5.88. The van der Waals surface area contributed by atoms with Crippen LogP contribution >= 0.6 is 0 Å². The molecule has 0 saturated carbocycles. The largest absolute Gasteiger partial charge is 0.379 e. The second-order valence-corrected chi connectivity index (χ2v) is 8.73. The number of nitrogens with zero attached hydrogens (tertiary/aromatic N) is 2. The Morgan fingerprint density at radius 3 is 2.41 bits per heavy atom. The van der Waals surface area contributed by atoms with Crippen LogP contribution < -0.4 is 0 Å². The summed E-state index contributed by atoms with van der Waals surface area (Å²) >= 11 is 0. The Morgan fingerprint density at radius 1 is 1.07 bits per heavy atom. The molecule has 2 aromatic rings. The molecule has 1 aliphatic rings. The number of hydrogen-bond acceptors (Lipinski definition) is 3. The number of likely N-dealkylation sites (tertiary alicyclic amines) is 1. The summed E-state index contributed by atoms with van der Waals surface area (Å²) < 4.78 is 0. The zero-order valence-corrected chi connectivity index (χ0v) is 18.0. The number of likely N-dealkylation sites (N-methyl/N-ethyl adjacent to an activating group) is 1. The van der Waals surface area contributed by atoms with Crippen LogP contribution in [0, 0.1) is 0 Å². The first-order chi connectivity index (χ1) is 13.9. The zero-order chi connectivity index (χ0) is 20.9. The fraction of sp³-hybridized carbons (Fsp3) is 0.480. The van der Waals surface area contributed by atoms with E-state index >= 15 is 0 Å². The maximum Gasteiger partial charge on any atom is 0.256 e. The highest BCUT2D eigenvalue weighted by molar-refractivity contribution is 5.86. The van der Waals surface area contributed by atoms with Crippen LogP contribution in [0.15, 0.2) is 54.6 Å². The van der Waals surface area contributed by atoms with E-state index in [1.54, 1.807) is 0 Å². The van der Waals surface area contributed by atoms with Crippen LogP contribution in [0.2, 0.25) is 0 Å². The smallest absolute Gasteiger partial charge is 0.256 e. The quantitative estimate of drug-likeness (QED) is 0.740. The molecule has 0 aromatic heterocycles. The van der Waals surface area contributed by atoms with Crippen molar-refractivity contribution >= 4 is 5.91 Å². The third kappa shape index (κ3) is 5.68. The van der Waals surface area contributed by atoms with Crippen molar-refractivity contribution in [3.05, 3.63) is 71.3 Å². The molecule has 1 aliphatic heterocycles. The first kappa shape index (κ1) is 21.5. The van der Waals surface area contributed by atoms with Crippen LogP contribution in [0.4, 0.5) is 0 Å². The lowest BCUT2D eigenvalue weighted by atomic mass is 9.90. The van der Waals surface area contributed by atoms with Crippen LogP contribution in [0.5, 0.6) is 0 Å². The van der Waals surface area contributed by atoms with Crippen molar-refractivity contribution in [1.29, 1.82) is 0 Å². The molecule has 0 spiro atoms. The number of piperidine rings is 1. The number of hydrogen-bond donors (Lipinski definition) is 1. The number of carbonyl (C=O) groups excluding carboxylic acids is 1. The first-order valence-electron chi connectivity index (χ1n) is 10.7. The van der Waals surface area contributed by atoms with Gasteiger partial charge in [0.15, 0.2) is 5.60 Å². The van der Waals surface area contributed by atoms with Gasteiger partial charge in [-0.15, -0.1) is 0 Å². The maximum absolute atomic E-state index is 13.1. The van der Waals surface area contributed by atoms with Crippen LogP contribution in [0.1, 0.15) is 49.3 Å². The predicted octanol–water partition coefficient (Wildman–Crippen LogP) is 3.84. The predicted molar refractivity (Wildman–Crippen MR) is 118 cm³/mol. The number of aliphatic hydroxyl groups is 1. The zero-order valence-electron chi connectivity index (χ0n) is 18.0. The first-order valence-corrected chi connectivity index (χ1v) is 10.7. The molecule has 4 nitrogen and oxygen atoms in total. The van der Waals surface area contributed by atoms with Gasteiger partial charge in [0, 0.05) is 26.2 Å². The summed E-state index contributed by atoms with van der Waals surface area (Å²) in [4.78, 5) is 17.0. The van der Waals surface area contributed by atoms with E-state index in [0.717, 1.165) is 24.9 Å². The molecule has 1 saturated heterocycles. The van der Waals surface area contributed by atoms with Gasteiger partial charge >= 0.3 is 0 Å². The topological polar surface area (TPSA) is 43.8 Å². The van der Waals surface area contributed by atoms with Gasteiger partial charge in [0.25, 0.3) is 5.91 Å². The van der Waals surface area contributed by atoms with Gasteiger partial charge in [0.1, 0.15) is 0 Å². The molecule has 0 bridgehead atoms. The van der Waals surface area contributed by atoms with E-state index in [4.69, 9.17) is 0 Å². The third-order valence-corrected chi connectivity index (χ3v) is 5.88. The van der Waals surface area contributed by atoms with Crippen molar-refractivity contribution in [3.63, 3.8) is 0 Å². The number of benzene rings is 2. The van der Waals surface area contributed by atoms with Crippen LogP contribution in [-0.4, -0.2) is 53.1 Å². The van der Waals surface area contributed by atoms with Gasteiger partial charge in [-0.3, -0.25) is 4.79 Å². The van der Waals surface area contributed by atoms with Crippen molar-refractivity contribution in [2.75, 3.05) is 26.7 Å². The molecule has 4 heteroatoms. The highest BCUT2D eigenvalue weighted by atomic mass is 16.3. The molecule has 0 radical (unpaired) electrons. The Bertz CT molecular complexity index is 788. The minimum atomic E-state index is -1.29. The van der Waals surface area contributed by atoms with Crippen molar-refractivity contribution in [1.82, 2.24) is 9.80 Å². The summed E-state index contributed by atoms with van der Waals surface area (Å²) in [7, 11) is 1.98. The molecular formula is C25H34N2O2. The van der Waals surface area contributed by atoms with E-state index in [1.807, 2.05) is 30.1 Å². The van der Waals surface area contributed by atoms with Crippen LogP contribution in [-0.2, 0) is 17.8 Å². The normalized spacial score (nSPS) is 19.9. The molecule has 1 atom stereocenters. The van der Waals surface area contributed by atoms with Crippen molar-refractivity contribution in [2.24, 2.45) is 0 Å². The summed E-state index contributed by atoms with van der Waals surface area (Å²) in [5.74, 6) is 0.362. The Hall–Kier alpha value is -2.17. The van der Waals surface area contributed by atoms with Crippen LogP contribution in [0.25, 0.3) is 0 Å². The van der Waals surface area contributed by atoms with Crippen LogP contribution in [0.3, 0.4) is 0 Å². The van der Waals surface area contributed by atoms with Gasteiger partial charge in [-0.1, -0.05) is 68.4 Å². The lowest BCUT2D eigenvalue weighted by Crippen LogP contribution is -2.58. The Morgan fingerprint density at radius 2 is 1.76 bits per heavy atom. The van der Waals surface area contributed by atoms with E-state index in [-0.39, 0.29) is 5.91 Å². The van der Waals surface area contributed by atoms with E-state index < -0.39 is 5.60 Å². The second kappa shape index (κ2) is 9.55. The van der Waals surface area contributed by atoms with Gasteiger partial charge in [-0.2, -0.15) is 0 Å². The number of amides is 1. The molecule has 29 heavy (non-hydrogen) atoms. The molecule has 1 amide bonds. The van der Waals surface area contributed by atoms with Gasteiger partial charge in [-0.05, 0) is 48.9 Å². The lowest BCUT2D eigenvalue weighted by Gasteiger charge is -2.40. The molecule has 0 unspecified atom stereocenters. The minimum absolute atomic E-state index is 0.136. The van der Waals surface area contributed by atoms with Gasteiger partial charge in [-0.25, -0.2) is 0 Å². The van der Waals surface area contributed by atoms with Crippen molar-refractivity contribution < 1.29 is 9.90 Å². The Balaban J connectivity index is 1.58. The molecule has 2 aromatic carbocycles. The molecule has 1 N–H and O–H groups in total. The highest BCUT2D eigenvalue weighted by Gasteiger charge is 2.42. The number of rotatable bonds is 8. The molecule has 0 aliphatic carbocycles. The number of carbonyl (C=O) groups is 1. The van der Waals surface area contributed by atoms with E-state index in [9.17, 15) is 9.90 Å². The molecule has 156 valence electrons. The Labute approximate surface area is 175 Å². The van der Waals surface area contributed by atoms with Gasteiger partial charge < -0.3 is 14.9 Å². The lowest BCUT2D eigenvalue weighted by molar-refractivity contribution is -0.159. The Kier molecular flexibility index (Phi) is 7.09. The summed E-state index contributed by atoms with van der Waals surface area (Å²) in [6.07, 6.45) is 2.27. The van der Waals surface area contributed by atoms with Crippen molar-refractivity contribution in [3.8, 4) is 0 Å². The highest BCUT2D eigenvalue weighted by Crippen LogP contribution is 2.25. The summed E-state index contributed by atoms with van der Waals surface area (Å²) in [5, 5.41) is 11.1. The average molecular weight is 395 g/mol. The molecule has 3 rings (SSSR count). The molecule has 1 fully saturated rings. The maximum atomic E-state index is 13.1. The SMILES string of the molecule is CC(C)c1ccc(CN2CCC[C@@](O)(CN(C)CCc3ccccc3)C2=O)cc1. The summed E-state index contributed by atoms with van der Waals surface area (Å²) in [6.45, 7) is 6.82. The fourth-order valence-electron chi connectivity index (χ4n) is 4.08. The monoisotopic (exact) mass is 394 g/mol. The van der Waals surface area contributed by atoms with Gasteiger partial charge in [0.05, 0.1) is 0 Å². The molecule has 1 heterocycles. The minimum Gasteiger partial charge on any atom is -0.379 e.